The lowest BCUT2D eigenvalue weighted by Gasteiger charge is -2.28. The molecule has 0 N–H and O–H groups in total. The molecule has 0 bridgehead atoms. The molecular formula is C26H30N2O6S. The molecule has 0 radical (unpaired) electrons. The minimum Gasteiger partial charge on any atom is -0.495 e. The van der Waals surface area contributed by atoms with Crippen LogP contribution in [0.1, 0.15) is 11.1 Å². The maximum absolute atomic E-state index is 13.7. The Morgan fingerprint density at radius 3 is 2.09 bits per heavy atom. The van der Waals surface area contributed by atoms with Crippen LogP contribution in [0.25, 0.3) is 0 Å². The Labute approximate surface area is 206 Å². The molecule has 0 spiro atoms. The topological polar surface area (TPSA) is 85.4 Å². The number of anilines is 1. The number of sulfonamides is 1. The Kier molecular flexibility index (Phi) is 8.24. The summed E-state index contributed by atoms with van der Waals surface area (Å²) in [4.78, 5) is 14.8. The molecule has 8 nitrogen and oxygen atoms in total. The van der Waals surface area contributed by atoms with E-state index < -0.39 is 16.6 Å². The van der Waals surface area contributed by atoms with E-state index in [0.717, 1.165) is 15.4 Å². The predicted octanol–water partition coefficient (Wildman–Crippen LogP) is 3.87. The van der Waals surface area contributed by atoms with Gasteiger partial charge in [0, 0.05) is 13.6 Å². The number of amides is 1. The summed E-state index contributed by atoms with van der Waals surface area (Å²) in [6.45, 7) is 1.70. The van der Waals surface area contributed by atoms with E-state index >= 15 is 0 Å². The van der Waals surface area contributed by atoms with Gasteiger partial charge in [0.25, 0.3) is 10.0 Å². The second-order valence-corrected chi connectivity index (χ2v) is 9.80. The van der Waals surface area contributed by atoms with Crippen LogP contribution in [0.2, 0.25) is 0 Å². The molecule has 0 aliphatic rings. The number of hydrogen-bond donors (Lipinski definition) is 0. The van der Waals surface area contributed by atoms with Gasteiger partial charge in [0.2, 0.25) is 5.91 Å². The number of benzene rings is 3. The quantitative estimate of drug-likeness (QED) is 0.422. The van der Waals surface area contributed by atoms with Crippen molar-refractivity contribution in [3.05, 3.63) is 77.9 Å². The van der Waals surface area contributed by atoms with Gasteiger partial charge in [-0.05, 0) is 54.4 Å². The summed E-state index contributed by atoms with van der Waals surface area (Å²) in [5.41, 5.74) is 1.94. The minimum atomic E-state index is -4.06. The van der Waals surface area contributed by atoms with Gasteiger partial charge in [-0.2, -0.15) is 0 Å². The SMILES string of the molecule is COc1ccc(CN(C)C(=O)CN(c2cc(C)ccc2OC)S(=O)(=O)c2ccccc2)cc1OC. The van der Waals surface area contributed by atoms with Crippen LogP contribution in [0.5, 0.6) is 17.2 Å². The predicted molar refractivity (Wildman–Crippen MR) is 135 cm³/mol. The standard InChI is InChI=1S/C26H30N2O6S/c1-19-11-13-23(32-3)22(15-19)28(35(30,31)21-9-7-6-8-10-21)18-26(29)27(2)17-20-12-14-24(33-4)25(16-20)34-5/h6-16H,17-18H2,1-5H3. The fourth-order valence-electron chi connectivity index (χ4n) is 3.60. The van der Waals surface area contributed by atoms with E-state index in [-0.39, 0.29) is 17.3 Å². The summed E-state index contributed by atoms with van der Waals surface area (Å²) in [5.74, 6) is 1.09. The number of likely N-dealkylation sites (N-methyl/N-ethyl adjacent to an activating group) is 1. The normalized spacial score (nSPS) is 11.0. The number of rotatable bonds is 10. The molecule has 0 saturated heterocycles. The van der Waals surface area contributed by atoms with E-state index in [1.54, 1.807) is 56.6 Å². The van der Waals surface area contributed by atoms with Gasteiger partial charge in [-0.15, -0.1) is 0 Å². The molecule has 3 aromatic carbocycles. The highest BCUT2D eigenvalue weighted by Gasteiger charge is 2.30. The monoisotopic (exact) mass is 498 g/mol. The Morgan fingerprint density at radius 2 is 1.46 bits per heavy atom. The first kappa shape index (κ1) is 25.9. The lowest BCUT2D eigenvalue weighted by atomic mass is 10.2. The number of carbonyl (C=O) groups excluding carboxylic acids is 1. The van der Waals surface area contributed by atoms with Crippen LogP contribution in [0.4, 0.5) is 5.69 Å². The van der Waals surface area contributed by atoms with Crippen molar-refractivity contribution in [2.75, 3.05) is 39.2 Å². The largest absolute Gasteiger partial charge is 0.495 e. The van der Waals surface area contributed by atoms with Gasteiger partial charge in [-0.25, -0.2) is 8.42 Å². The average Bonchev–Trinajstić information content (AvgIpc) is 2.87. The molecule has 9 heteroatoms. The van der Waals surface area contributed by atoms with Crippen molar-refractivity contribution in [1.82, 2.24) is 4.90 Å². The van der Waals surface area contributed by atoms with Gasteiger partial charge in [0.1, 0.15) is 12.3 Å². The molecule has 0 unspecified atom stereocenters. The third kappa shape index (κ3) is 5.86. The molecule has 0 saturated carbocycles. The van der Waals surface area contributed by atoms with Gasteiger partial charge in [0.15, 0.2) is 11.5 Å². The molecule has 0 atom stereocenters. The fraction of sp³-hybridized carbons (Fsp3) is 0.269. The summed E-state index contributed by atoms with van der Waals surface area (Å²) >= 11 is 0. The zero-order valence-electron chi connectivity index (χ0n) is 20.5. The Balaban J connectivity index is 1.95. The lowest BCUT2D eigenvalue weighted by Crippen LogP contribution is -2.41. The van der Waals surface area contributed by atoms with Crippen molar-refractivity contribution in [2.24, 2.45) is 0 Å². The number of aryl methyl sites for hydroxylation is 1. The molecule has 0 aromatic heterocycles. The van der Waals surface area contributed by atoms with E-state index in [2.05, 4.69) is 0 Å². The van der Waals surface area contributed by atoms with Crippen molar-refractivity contribution in [3.63, 3.8) is 0 Å². The van der Waals surface area contributed by atoms with Crippen LogP contribution in [-0.2, 0) is 21.4 Å². The van der Waals surface area contributed by atoms with Crippen LogP contribution in [0.15, 0.2) is 71.6 Å². The van der Waals surface area contributed by atoms with Crippen LogP contribution in [-0.4, -0.2) is 54.1 Å². The second-order valence-electron chi connectivity index (χ2n) is 7.94. The molecule has 35 heavy (non-hydrogen) atoms. The van der Waals surface area contributed by atoms with E-state index in [9.17, 15) is 13.2 Å². The number of nitrogens with zero attached hydrogens (tertiary/aromatic N) is 2. The average molecular weight is 499 g/mol. The third-order valence-electron chi connectivity index (χ3n) is 5.51. The van der Waals surface area contributed by atoms with Crippen LogP contribution < -0.4 is 18.5 Å². The van der Waals surface area contributed by atoms with Crippen molar-refractivity contribution in [1.29, 1.82) is 0 Å². The second kappa shape index (κ2) is 11.1. The highest BCUT2D eigenvalue weighted by molar-refractivity contribution is 7.92. The third-order valence-corrected chi connectivity index (χ3v) is 7.28. The molecule has 186 valence electrons. The maximum Gasteiger partial charge on any atom is 0.264 e. The summed E-state index contributed by atoms with van der Waals surface area (Å²) in [7, 11) is 2.12. The highest BCUT2D eigenvalue weighted by atomic mass is 32.2. The van der Waals surface area contributed by atoms with Gasteiger partial charge in [-0.1, -0.05) is 30.3 Å². The Morgan fingerprint density at radius 1 is 0.829 bits per heavy atom. The fourth-order valence-corrected chi connectivity index (χ4v) is 5.04. The van der Waals surface area contributed by atoms with Crippen molar-refractivity contribution >= 4 is 21.6 Å². The lowest BCUT2D eigenvalue weighted by molar-refractivity contribution is -0.128. The Hall–Kier alpha value is -3.72. The highest BCUT2D eigenvalue weighted by Crippen LogP contribution is 2.33. The zero-order valence-corrected chi connectivity index (χ0v) is 21.3. The van der Waals surface area contributed by atoms with Gasteiger partial charge >= 0.3 is 0 Å². The summed E-state index contributed by atoms with van der Waals surface area (Å²) < 4.78 is 44.5. The minimum absolute atomic E-state index is 0.0823. The molecule has 0 heterocycles. The van der Waals surface area contributed by atoms with E-state index in [4.69, 9.17) is 14.2 Å². The van der Waals surface area contributed by atoms with Gasteiger partial charge in [0.05, 0.1) is 31.9 Å². The zero-order chi connectivity index (χ0) is 25.6. The smallest absolute Gasteiger partial charge is 0.264 e. The van der Waals surface area contributed by atoms with Crippen LogP contribution >= 0.6 is 0 Å². The van der Waals surface area contributed by atoms with E-state index in [1.165, 1.54) is 31.3 Å². The first-order valence-electron chi connectivity index (χ1n) is 10.9. The molecule has 0 aliphatic carbocycles. The van der Waals surface area contributed by atoms with Gasteiger partial charge < -0.3 is 19.1 Å². The molecule has 0 aliphatic heterocycles. The van der Waals surface area contributed by atoms with E-state index in [1.807, 2.05) is 19.1 Å². The Bertz CT molecular complexity index is 1280. The summed E-state index contributed by atoms with van der Waals surface area (Å²) in [6.07, 6.45) is 0. The van der Waals surface area contributed by atoms with Crippen molar-refractivity contribution in [3.8, 4) is 17.2 Å². The van der Waals surface area contributed by atoms with Crippen LogP contribution in [0.3, 0.4) is 0 Å². The van der Waals surface area contributed by atoms with Gasteiger partial charge in [-0.3, -0.25) is 9.10 Å². The summed E-state index contributed by atoms with van der Waals surface area (Å²) in [6, 6.07) is 18.6. The molecular weight excluding hydrogens is 468 g/mol. The maximum atomic E-state index is 13.7. The first-order chi connectivity index (χ1) is 16.7. The van der Waals surface area contributed by atoms with Crippen molar-refractivity contribution < 1.29 is 27.4 Å². The number of hydrogen-bond acceptors (Lipinski definition) is 6. The number of ether oxygens (including phenoxy) is 3. The molecule has 1 amide bonds. The molecule has 0 fully saturated rings. The first-order valence-corrected chi connectivity index (χ1v) is 12.3. The van der Waals surface area contributed by atoms with E-state index in [0.29, 0.717) is 22.9 Å². The van der Waals surface area contributed by atoms with Crippen LogP contribution in [0, 0.1) is 6.92 Å². The van der Waals surface area contributed by atoms with Crippen molar-refractivity contribution in [2.45, 2.75) is 18.4 Å². The number of methoxy groups -OCH3 is 3. The molecule has 3 aromatic rings. The molecule has 3 rings (SSSR count). The number of carbonyl (C=O) groups is 1. The summed E-state index contributed by atoms with van der Waals surface area (Å²) in [5, 5.41) is 0.